The summed E-state index contributed by atoms with van der Waals surface area (Å²) in [4.78, 5) is 0. The lowest BCUT2D eigenvalue weighted by Crippen LogP contribution is -2.41. The molecule has 4 aromatic heterocycles. The van der Waals surface area contributed by atoms with E-state index in [4.69, 9.17) is 57.4 Å². The van der Waals surface area contributed by atoms with E-state index in [9.17, 15) is 20.4 Å². The van der Waals surface area contributed by atoms with Crippen molar-refractivity contribution in [3.05, 3.63) is 134 Å². The zero-order chi connectivity index (χ0) is 71.3. The number of phenolic OH excluding ortho intramolecular Hbond substituents is 6. The second-order valence-electron chi connectivity index (χ2n) is 25.4. The Morgan fingerprint density at radius 3 is 0.980 bits per heavy atom. The molecular formula is C72H86BBrI2N8O16. The Balaban J connectivity index is 0.000000140. The maximum absolute atomic E-state index is 9.78. The molecule has 5 aliphatic rings. The zero-order valence-corrected chi connectivity index (χ0v) is 63.1. The van der Waals surface area contributed by atoms with E-state index in [0.29, 0.717) is 19.5 Å². The maximum atomic E-state index is 9.78. The fourth-order valence-corrected chi connectivity index (χ4v) is 13.3. The minimum Gasteiger partial charge on any atom is -0.508 e. The van der Waals surface area contributed by atoms with Crippen LogP contribution in [-0.2, 0) is 28.3 Å². The highest BCUT2D eigenvalue weighted by molar-refractivity contribution is 14.1. The highest BCUT2D eigenvalue weighted by Gasteiger charge is 2.53. The van der Waals surface area contributed by atoms with Gasteiger partial charge >= 0.3 is 7.12 Å². The number of methoxy groups -OCH3 is 4. The van der Waals surface area contributed by atoms with Crippen LogP contribution in [0.5, 0.6) is 57.5 Å². The van der Waals surface area contributed by atoms with Gasteiger partial charge in [-0.25, -0.2) is 18.7 Å². The zero-order valence-electron chi connectivity index (χ0n) is 57.2. The quantitative estimate of drug-likeness (QED) is 0.0462. The number of phenols is 6. The lowest BCUT2D eigenvalue weighted by Gasteiger charge is -2.32. The predicted molar refractivity (Wildman–Crippen MR) is 398 cm³/mol. The normalized spacial score (nSPS) is 19.2. The molecule has 0 radical (unpaired) electrons. The number of aromatic hydroxyl groups is 6. The molecule has 0 amide bonds. The van der Waals surface area contributed by atoms with Gasteiger partial charge in [-0.3, -0.25) is 0 Å². The van der Waals surface area contributed by atoms with E-state index in [1.165, 1.54) is 30.7 Å². The summed E-state index contributed by atoms with van der Waals surface area (Å²) in [6.45, 7) is 11.3. The number of hydrogen-bond donors (Lipinski definition) is 6. The first-order valence-corrected chi connectivity index (χ1v) is 36.1. The molecule has 5 aliphatic heterocycles. The van der Waals surface area contributed by atoms with Crippen LogP contribution in [0.3, 0.4) is 0 Å². The number of ether oxygens (including phenoxy) is 8. The summed E-state index contributed by atoms with van der Waals surface area (Å²) < 4.78 is 67.3. The Kier molecular flexibility index (Phi) is 26.1. The molecule has 5 saturated heterocycles. The summed E-state index contributed by atoms with van der Waals surface area (Å²) in [5.41, 5.74) is 7.00. The molecule has 9 aromatic rings. The van der Waals surface area contributed by atoms with Crippen LogP contribution in [0.4, 0.5) is 0 Å². The summed E-state index contributed by atoms with van der Waals surface area (Å²) in [6, 6.07) is 20.0. The van der Waals surface area contributed by atoms with E-state index in [-0.39, 0.29) is 59.4 Å². The molecule has 100 heavy (non-hydrogen) atoms. The number of aromatic nitrogens is 8. The summed E-state index contributed by atoms with van der Waals surface area (Å²) in [7, 11) is 6.05. The SMILES string of the molecule is COc1cc(-c2cnn(C3CCCCO3)c2)cc(OC)c1B1OC(C)(C)C(C)(C)O1.COc1cc(-c2cnn(C3CCCCO3)c2)cc(OC)c1I.Oc1cc(-c2cnn(C3CCCCO3)c2)cc(O)c1I.Oc1cc(O)cc(-c2cnn(C3CCCCO3)c2)c1.Oc1cc(O)cc(Br)c1. The molecule has 5 aromatic carbocycles. The number of hydrogen-bond acceptors (Lipinski definition) is 20. The van der Waals surface area contributed by atoms with Crippen LogP contribution in [0.15, 0.2) is 127 Å². The molecule has 0 bridgehead atoms. The number of rotatable bonds is 13. The smallest absolute Gasteiger partial charge is 0.502 e. The van der Waals surface area contributed by atoms with Gasteiger partial charge in [0.05, 0.1) is 77.0 Å². The maximum Gasteiger partial charge on any atom is 0.502 e. The first kappa shape index (κ1) is 75.4. The fraction of sp³-hybridized carbons (Fsp3) is 0.417. The molecule has 6 N–H and O–H groups in total. The van der Waals surface area contributed by atoms with Crippen LogP contribution in [0.2, 0.25) is 0 Å². The molecule has 0 saturated carbocycles. The van der Waals surface area contributed by atoms with E-state index in [1.54, 1.807) is 74.5 Å². The standard InChI is InChI=1S/C22H31BN2O5.C16H19IN2O3.C14H15IN2O3.C14H16N2O3.C6H5BrO2/c1-21(2)22(3,4)30-23(29-21)20-17(26-5)11-15(12-18(20)27-6)16-13-24-25(14-16)19-9-7-8-10-28-19;1-20-13-7-11(8-14(21-2)16(13)17)12-9-18-19(10-12)15-5-3-4-6-22-15;15-14-11(18)5-9(6-12(14)19)10-7-16-17(8-10)13-3-1-2-4-20-13;17-12-5-10(6-13(18)7-12)11-8-15-16(9-11)14-3-1-2-4-19-14;7-4-1-5(8)3-6(9)2-4/h11-14,19H,7-10H2,1-6H3;7-10,15H,3-6H2,1-2H3;5-8,13,18-19H,1-4H2;5-9,14,17-18H,1-4H2;1-3,8-9H. The van der Waals surface area contributed by atoms with Crippen LogP contribution in [0.25, 0.3) is 44.5 Å². The number of nitrogens with zero attached hydrogens (tertiary/aromatic N) is 8. The van der Waals surface area contributed by atoms with Gasteiger partial charge in [-0.05, 0) is 233 Å². The van der Waals surface area contributed by atoms with Gasteiger partial charge in [0.2, 0.25) is 0 Å². The molecule has 24 nitrogen and oxygen atoms in total. The first-order chi connectivity index (χ1) is 48.0. The molecule has 4 atom stereocenters. The van der Waals surface area contributed by atoms with E-state index >= 15 is 0 Å². The van der Waals surface area contributed by atoms with Crippen molar-refractivity contribution in [3.8, 4) is 102 Å². The van der Waals surface area contributed by atoms with Crippen molar-refractivity contribution in [2.24, 2.45) is 0 Å². The summed E-state index contributed by atoms with van der Waals surface area (Å²) in [6.07, 6.45) is 28.0. The Bertz CT molecular complexity index is 4000. The lowest BCUT2D eigenvalue weighted by molar-refractivity contribution is -0.0395. The van der Waals surface area contributed by atoms with Gasteiger partial charge in [0.15, 0.2) is 0 Å². The van der Waals surface area contributed by atoms with Gasteiger partial charge in [-0.15, -0.1) is 0 Å². The molecule has 5 fully saturated rings. The third-order valence-corrected chi connectivity index (χ3v) is 20.5. The Labute approximate surface area is 617 Å². The summed E-state index contributed by atoms with van der Waals surface area (Å²) in [5.74, 6) is 3.25. The molecule has 4 unspecified atom stereocenters. The molecular weight excluding hydrogens is 1580 g/mol. The van der Waals surface area contributed by atoms with Crippen LogP contribution < -0.4 is 24.4 Å². The van der Waals surface area contributed by atoms with Gasteiger partial charge in [-0.2, -0.15) is 20.4 Å². The van der Waals surface area contributed by atoms with Crippen molar-refractivity contribution < 1.29 is 77.8 Å². The fourth-order valence-electron chi connectivity index (χ4n) is 11.7. The topological polar surface area (TPSA) is 285 Å². The Hall–Kier alpha value is -7.30. The number of halogens is 3. The molecule has 9 heterocycles. The van der Waals surface area contributed by atoms with Crippen LogP contribution in [0.1, 0.15) is 130 Å². The molecule has 28 heteroatoms. The average Bonchev–Trinajstić information content (AvgIpc) is 1.59. The van der Waals surface area contributed by atoms with Crippen LogP contribution in [0, 0.1) is 7.14 Å². The average molecular weight is 1660 g/mol. The summed E-state index contributed by atoms with van der Waals surface area (Å²) in [5, 5.41) is 73.8. The van der Waals surface area contributed by atoms with Crippen molar-refractivity contribution in [1.82, 2.24) is 39.1 Å². The van der Waals surface area contributed by atoms with Crippen LogP contribution >= 0.6 is 61.1 Å². The van der Waals surface area contributed by atoms with Crippen molar-refractivity contribution >= 4 is 73.7 Å². The van der Waals surface area contributed by atoms with Crippen molar-refractivity contribution in [2.75, 3.05) is 54.9 Å². The molecule has 534 valence electrons. The molecule has 0 spiro atoms. The molecule has 14 rings (SSSR count). The highest BCUT2D eigenvalue weighted by atomic mass is 127. The first-order valence-electron chi connectivity index (χ1n) is 33.1. The summed E-state index contributed by atoms with van der Waals surface area (Å²) >= 11 is 7.22. The Morgan fingerprint density at radius 2 is 0.690 bits per heavy atom. The van der Waals surface area contributed by atoms with E-state index < -0.39 is 18.3 Å². The van der Waals surface area contributed by atoms with Crippen LogP contribution in [-0.4, -0.2) is 143 Å². The monoisotopic (exact) mass is 1660 g/mol. The second-order valence-corrected chi connectivity index (χ2v) is 28.5. The van der Waals surface area contributed by atoms with Gasteiger partial charge in [0.25, 0.3) is 0 Å². The number of benzene rings is 5. The van der Waals surface area contributed by atoms with Gasteiger partial charge in [0, 0.05) is 90.1 Å². The van der Waals surface area contributed by atoms with Gasteiger partial charge < -0.3 is 77.8 Å². The third kappa shape index (κ3) is 19.1. The van der Waals surface area contributed by atoms with E-state index in [2.05, 4.69) is 58.9 Å². The minimum atomic E-state index is -0.577. The Morgan fingerprint density at radius 1 is 0.400 bits per heavy atom. The minimum absolute atomic E-state index is 0.000293. The van der Waals surface area contributed by atoms with E-state index in [0.717, 1.165) is 162 Å². The largest absolute Gasteiger partial charge is 0.508 e. The van der Waals surface area contributed by atoms with E-state index in [1.807, 2.05) is 121 Å². The lowest BCUT2D eigenvalue weighted by atomic mass is 9.76. The van der Waals surface area contributed by atoms with Gasteiger partial charge in [0.1, 0.15) is 82.4 Å². The van der Waals surface area contributed by atoms with Crippen molar-refractivity contribution in [2.45, 2.75) is 141 Å². The van der Waals surface area contributed by atoms with Crippen molar-refractivity contribution in [3.63, 3.8) is 0 Å². The molecule has 0 aliphatic carbocycles. The predicted octanol–water partition coefficient (Wildman–Crippen LogP) is 15.2. The highest BCUT2D eigenvalue weighted by Crippen LogP contribution is 2.42. The van der Waals surface area contributed by atoms with Crippen molar-refractivity contribution in [1.29, 1.82) is 0 Å². The third-order valence-electron chi connectivity index (χ3n) is 17.8. The second kappa shape index (κ2) is 34.6. The van der Waals surface area contributed by atoms with Gasteiger partial charge in [-0.1, -0.05) is 15.9 Å².